The maximum atomic E-state index is 5.53. The Hall–Kier alpha value is -2.70. The molecule has 0 aliphatic carbocycles. The standard InChI is InChI=1S/C25H30N6O3S2/c1-32-18-3-5-20-22(13-18)35-24(26-20)30-15-29(8-7-28-9-11-34-12-10-28)16-31(17-30)25-27-21-6-4-19(33-2)14-23(21)36-25/h3-6,13-14H,7-12,15-17H2,1-2H3. The number of hydrogen-bond donors (Lipinski definition) is 0. The van der Waals surface area contributed by atoms with Gasteiger partial charge in [0.15, 0.2) is 10.3 Å². The summed E-state index contributed by atoms with van der Waals surface area (Å²) in [5, 5.41) is 2.03. The third-order valence-electron chi connectivity index (χ3n) is 6.63. The molecule has 4 aromatic rings. The van der Waals surface area contributed by atoms with Gasteiger partial charge in [0.1, 0.15) is 11.5 Å². The van der Waals surface area contributed by atoms with E-state index in [1.54, 1.807) is 36.9 Å². The van der Waals surface area contributed by atoms with E-state index in [1.807, 2.05) is 24.3 Å². The zero-order chi connectivity index (χ0) is 24.5. The molecule has 2 fully saturated rings. The van der Waals surface area contributed by atoms with Crippen molar-refractivity contribution in [3.05, 3.63) is 36.4 Å². The van der Waals surface area contributed by atoms with Crippen LogP contribution >= 0.6 is 22.7 Å². The van der Waals surface area contributed by atoms with Crippen molar-refractivity contribution in [1.82, 2.24) is 19.8 Å². The SMILES string of the molecule is COc1ccc2nc(N3CN(CCN4CCOCC4)CN(c4nc5ccc(OC)cc5s4)C3)sc2c1. The number of fused-ring (bicyclic) bond motifs is 2. The molecule has 0 radical (unpaired) electrons. The van der Waals surface area contributed by atoms with Crippen LogP contribution in [0.2, 0.25) is 0 Å². The summed E-state index contributed by atoms with van der Waals surface area (Å²) in [6.07, 6.45) is 0. The van der Waals surface area contributed by atoms with E-state index < -0.39 is 0 Å². The fraction of sp³-hybridized carbons (Fsp3) is 0.440. The van der Waals surface area contributed by atoms with E-state index in [4.69, 9.17) is 24.2 Å². The van der Waals surface area contributed by atoms with Crippen LogP contribution < -0.4 is 19.3 Å². The van der Waals surface area contributed by atoms with Crippen LogP contribution in [-0.2, 0) is 4.74 Å². The normalized spacial score (nSPS) is 17.8. The number of anilines is 2. The molecule has 0 bridgehead atoms. The van der Waals surface area contributed by atoms with Gasteiger partial charge in [-0.25, -0.2) is 9.97 Å². The number of benzene rings is 2. The highest BCUT2D eigenvalue weighted by molar-refractivity contribution is 7.22. The Morgan fingerprint density at radius 3 is 1.81 bits per heavy atom. The van der Waals surface area contributed by atoms with Gasteiger partial charge in [0, 0.05) is 26.2 Å². The first-order chi connectivity index (χ1) is 17.7. The summed E-state index contributed by atoms with van der Waals surface area (Å²) in [4.78, 5) is 19.6. The van der Waals surface area contributed by atoms with Crippen molar-refractivity contribution in [3.8, 4) is 11.5 Å². The molecule has 2 aliphatic heterocycles. The van der Waals surface area contributed by atoms with Crippen LogP contribution in [0.5, 0.6) is 11.5 Å². The number of rotatable bonds is 7. The molecule has 4 heterocycles. The largest absolute Gasteiger partial charge is 0.497 e. The molecule has 2 aliphatic rings. The Bertz CT molecular complexity index is 1250. The van der Waals surface area contributed by atoms with Crippen LogP contribution in [0, 0.1) is 0 Å². The second kappa shape index (κ2) is 10.3. The summed E-state index contributed by atoms with van der Waals surface area (Å²) < 4.78 is 18.6. The predicted octanol–water partition coefficient (Wildman–Crippen LogP) is 3.76. The van der Waals surface area contributed by atoms with Gasteiger partial charge in [-0.2, -0.15) is 0 Å². The lowest BCUT2D eigenvalue weighted by Gasteiger charge is -2.42. The molecule has 2 aromatic carbocycles. The van der Waals surface area contributed by atoms with E-state index in [-0.39, 0.29) is 0 Å². The fourth-order valence-corrected chi connectivity index (χ4v) is 6.58. The molecule has 0 spiro atoms. The van der Waals surface area contributed by atoms with Crippen LogP contribution in [0.3, 0.4) is 0 Å². The molecule has 0 atom stereocenters. The molecule has 9 nitrogen and oxygen atoms in total. The lowest BCUT2D eigenvalue weighted by atomic mass is 10.3. The first-order valence-corrected chi connectivity index (χ1v) is 13.7. The summed E-state index contributed by atoms with van der Waals surface area (Å²) in [7, 11) is 3.40. The van der Waals surface area contributed by atoms with Crippen LogP contribution in [0.25, 0.3) is 20.4 Å². The van der Waals surface area contributed by atoms with Crippen molar-refractivity contribution >= 4 is 53.4 Å². The Balaban J connectivity index is 1.27. The summed E-state index contributed by atoms with van der Waals surface area (Å²) in [5.74, 6) is 1.71. The number of nitrogens with zero attached hydrogens (tertiary/aromatic N) is 6. The summed E-state index contributed by atoms with van der Waals surface area (Å²) >= 11 is 3.42. The molecule has 36 heavy (non-hydrogen) atoms. The highest BCUT2D eigenvalue weighted by Crippen LogP contribution is 2.35. The van der Waals surface area contributed by atoms with Gasteiger partial charge in [-0.3, -0.25) is 9.80 Å². The van der Waals surface area contributed by atoms with E-state index in [0.29, 0.717) is 0 Å². The van der Waals surface area contributed by atoms with Crippen molar-refractivity contribution in [1.29, 1.82) is 0 Å². The maximum absolute atomic E-state index is 5.53. The minimum absolute atomic E-state index is 0.738. The lowest BCUT2D eigenvalue weighted by molar-refractivity contribution is 0.0327. The minimum Gasteiger partial charge on any atom is -0.497 e. The molecule has 0 unspecified atom stereocenters. The van der Waals surface area contributed by atoms with Crippen molar-refractivity contribution in [2.24, 2.45) is 0 Å². The second-order valence-electron chi connectivity index (χ2n) is 9.01. The summed E-state index contributed by atoms with van der Waals surface area (Å²) in [6.45, 7) is 8.05. The number of hydrogen-bond acceptors (Lipinski definition) is 11. The minimum atomic E-state index is 0.738. The molecule has 0 N–H and O–H groups in total. The number of methoxy groups -OCH3 is 2. The Morgan fingerprint density at radius 2 is 1.28 bits per heavy atom. The number of thiazole rings is 2. The smallest absolute Gasteiger partial charge is 0.188 e. The first-order valence-electron chi connectivity index (χ1n) is 12.1. The highest BCUT2D eigenvalue weighted by Gasteiger charge is 2.28. The monoisotopic (exact) mass is 526 g/mol. The predicted molar refractivity (Wildman–Crippen MR) is 146 cm³/mol. The van der Waals surface area contributed by atoms with E-state index in [9.17, 15) is 0 Å². The molecular weight excluding hydrogens is 496 g/mol. The van der Waals surface area contributed by atoms with Gasteiger partial charge < -0.3 is 24.0 Å². The average Bonchev–Trinajstić information content (AvgIpc) is 3.56. The van der Waals surface area contributed by atoms with Crippen molar-refractivity contribution < 1.29 is 14.2 Å². The van der Waals surface area contributed by atoms with Crippen molar-refractivity contribution in [3.63, 3.8) is 0 Å². The van der Waals surface area contributed by atoms with Crippen LogP contribution in [-0.4, -0.2) is 93.4 Å². The quantitative estimate of drug-likeness (QED) is 0.358. The molecule has 190 valence electrons. The molecule has 6 rings (SSSR count). The molecule has 2 aromatic heterocycles. The molecule has 2 saturated heterocycles. The van der Waals surface area contributed by atoms with E-state index in [1.165, 1.54) is 0 Å². The number of aromatic nitrogens is 2. The van der Waals surface area contributed by atoms with Gasteiger partial charge in [0.2, 0.25) is 0 Å². The zero-order valence-corrected chi connectivity index (χ0v) is 22.2. The van der Waals surface area contributed by atoms with Gasteiger partial charge in [-0.05, 0) is 36.4 Å². The van der Waals surface area contributed by atoms with E-state index in [0.717, 1.165) is 102 Å². The van der Waals surface area contributed by atoms with Crippen LogP contribution in [0.1, 0.15) is 0 Å². The zero-order valence-electron chi connectivity index (χ0n) is 20.6. The van der Waals surface area contributed by atoms with Crippen LogP contribution in [0.4, 0.5) is 10.3 Å². The van der Waals surface area contributed by atoms with Gasteiger partial charge in [0.05, 0.1) is 67.9 Å². The van der Waals surface area contributed by atoms with Gasteiger partial charge in [-0.15, -0.1) is 0 Å². The second-order valence-corrected chi connectivity index (χ2v) is 11.0. The molecule has 0 saturated carbocycles. The highest BCUT2D eigenvalue weighted by atomic mass is 32.1. The van der Waals surface area contributed by atoms with Gasteiger partial charge in [-0.1, -0.05) is 22.7 Å². The number of ether oxygens (including phenoxy) is 3. The first kappa shape index (κ1) is 23.7. The molecule has 0 amide bonds. The van der Waals surface area contributed by atoms with Crippen molar-refractivity contribution in [2.45, 2.75) is 0 Å². The average molecular weight is 527 g/mol. The summed E-state index contributed by atoms with van der Waals surface area (Å²) in [6, 6.07) is 12.1. The Morgan fingerprint density at radius 1 is 0.750 bits per heavy atom. The Kier molecular flexibility index (Phi) is 6.81. The van der Waals surface area contributed by atoms with E-state index >= 15 is 0 Å². The third-order valence-corrected chi connectivity index (χ3v) is 8.79. The molecule has 11 heteroatoms. The van der Waals surface area contributed by atoms with Crippen LogP contribution in [0.15, 0.2) is 36.4 Å². The van der Waals surface area contributed by atoms with E-state index in [2.05, 4.69) is 31.7 Å². The third kappa shape index (κ3) is 4.94. The fourth-order valence-electron chi connectivity index (χ4n) is 4.62. The summed E-state index contributed by atoms with van der Waals surface area (Å²) in [5.41, 5.74) is 2.00. The molecular formula is C25H30N6O3S2. The Labute approximate surface area is 218 Å². The number of morpholine rings is 1. The lowest BCUT2D eigenvalue weighted by Crippen LogP contribution is -2.56. The van der Waals surface area contributed by atoms with Crippen molar-refractivity contribution in [2.75, 3.05) is 83.4 Å². The topological polar surface area (TPSA) is 66.4 Å². The van der Waals surface area contributed by atoms with Gasteiger partial charge >= 0.3 is 0 Å². The van der Waals surface area contributed by atoms with Gasteiger partial charge in [0.25, 0.3) is 0 Å². The maximum Gasteiger partial charge on any atom is 0.188 e.